The Morgan fingerprint density at radius 3 is 2.57 bits per heavy atom. The van der Waals surface area contributed by atoms with E-state index in [4.69, 9.17) is 4.74 Å². The second-order valence-electron chi connectivity index (χ2n) is 5.16. The van der Waals surface area contributed by atoms with Crippen molar-refractivity contribution in [2.24, 2.45) is 0 Å². The molecule has 0 amide bonds. The van der Waals surface area contributed by atoms with Crippen molar-refractivity contribution in [3.05, 3.63) is 59.8 Å². The molecule has 3 nitrogen and oxygen atoms in total. The molecule has 0 fully saturated rings. The second-order valence-corrected chi connectivity index (χ2v) is 5.16. The molecular weight excluding hydrogens is 260 g/mol. The predicted molar refractivity (Wildman–Crippen MR) is 87.5 cm³/mol. The first-order valence-electron chi connectivity index (χ1n) is 6.95. The number of aryl methyl sites for hydroxylation is 2. The Kier molecular flexibility index (Phi) is 3.48. The average molecular weight is 278 g/mol. The van der Waals surface area contributed by atoms with Gasteiger partial charge >= 0.3 is 0 Å². The smallest absolute Gasteiger partial charge is 0.142 e. The Hall–Kier alpha value is -2.55. The molecule has 0 spiro atoms. The van der Waals surface area contributed by atoms with Crippen molar-refractivity contribution in [2.75, 3.05) is 12.4 Å². The fourth-order valence-corrected chi connectivity index (χ4v) is 2.47. The van der Waals surface area contributed by atoms with Crippen molar-refractivity contribution in [1.29, 1.82) is 0 Å². The Morgan fingerprint density at radius 1 is 0.952 bits per heavy atom. The van der Waals surface area contributed by atoms with E-state index >= 15 is 0 Å². The summed E-state index contributed by atoms with van der Waals surface area (Å²) in [5.74, 6) is 0.827. The topological polar surface area (TPSA) is 34.1 Å². The van der Waals surface area contributed by atoms with Crippen LogP contribution in [0.4, 0.5) is 11.4 Å². The number of hydrogen-bond donors (Lipinski definition) is 1. The van der Waals surface area contributed by atoms with Crippen LogP contribution in [0.5, 0.6) is 5.75 Å². The third kappa shape index (κ3) is 2.68. The van der Waals surface area contributed by atoms with Crippen molar-refractivity contribution >= 4 is 22.3 Å². The molecule has 0 saturated carbocycles. The van der Waals surface area contributed by atoms with Crippen LogP contribution in [-0.2, 0) is 0 Å². The maximum Gasteiger partial charge on any atom is 0.142 e. The summed E-state index contributed by atoms with van der Waals surface area (Å²) in [7, 11) is 1.68. The van der Waals surface area contributed by atoms with Crippen LogP contribution < -0.4 is 10.1 Å². The van der Waals surface area contributed by atoms with Gasteiger partial charge < -0.3 is 10.1 Å². The van der Waals surface area contributed by atoms with Crippen LogP contribution in [0.15, 0.2) is 48.5 Å². The molecule has 0 saturated heterocycles. The number of nitrogens with one attached hydrogen (secondary N) is 1. The van der Waals surface area contributed by atoms with Crippen molar-refractivity contribution in [1.82, 2.24) is 4.98 Å². The summed E-state index contributed by atoms with van der Waals surface area (Å²) < 4.78 is 5.41. The molecule has 3 aromatic rings. The summed E-state index contributed by atoms with van der Waals surface area (Å²) in [5.41, 5.74) is 5.21. The van der Waals surface area contributed by atoms with E-state index in [1.165, 1.54) is 5.56 Å². The number of anilines is 2. The fraction of sp³-hybridized carbons (Fsp3) is 0.167. The van der Waals surface area contributed by atoms with Crippen molar-refractivity contribution < 1.29 is 4.74 Å². The minimum Gasteiger partial charge on any atom is -0.495 e. The normalized spacial score (nSPS) is 10.6. The summed E-state index contributed by atoms with van der Waals surface area (Å²) >= 11 is 0. The minimum absolute atomic E-state index is 0.827. The van der Waals surface area contributed by atoms with Crippen LogP contribution in [0.1, 0.15) is 11.3 Å². The first-order valence-corrected chi connectivity index (χ1v) is 6.95. The summed E-state index contributed by atoms with van der Waals surface area (Å²) in [6.07, 6.45) is 0. The first-order chi connectivity index (χ1) is 10.2. The molecule has 3 rings (SSSR count). The van der Waals surface area contributed by atoms with Gasteiger partial charge in [-0.1, -0.05) is 23.8 Å². The zero-order valence-electron chi connectivity index (χ0n) is 12.5. The van der Waals surface area contributed by atoms with E-state index in [0.29, 0.717) is 0 Å². The quantitative estimate of drug-likeness (QED) is 0.760. The molecule has 0 unspecified atom stereocenters. The van der Waals surface area contributed by atoms with E-state index in [9.17, 15) is 0 Å². The number of nitrogens with zero attached hydrogens (tertiary/aromatic N) is 1. The number of fused-ring (bicyclic) bond motifs is 1. The lowest BCUT2D eigenvalue weighted by molar-refractivity contribution is 0.417. The number of aromatic nitrogens is 1. The second kappa shape index (κ2) is 5.44. The molecule has 2 aromatic carbocycles. The van der Waals surface area contributed by atoms with Crippen LogP contribution in [-0.4, -0.2) is 12.1 Å². The lowest BCUT2D eigenvalue weighted by Gasteiger charge is -2.14. The molecule has 0 atom stereocenters. The first kappa shape index (κ1) is 13.4. The Bertz CT molecular complexity index is 796. The number of rotatable bonds is 3. The number of ether oxygens (including phenoxy) is 1. The Labute approximate surface area is 124 Å². The summed E-state index contributed by atoms with van der Waals surface area (Å²) in [4.78, 5) is 4.59. The Balaban J connectivity index is 2.13. The van der Waals surface area contributed by atoms with Crippen LogP contribution >= 0.6 is 0 Å². The third-order valence-corrected chi connectivity index (χ3v) is 3.47. The summed E-state index contributed by atoms with van der Waals surface area (Å²) in [6, 6.07) is 16.3. The zero-order valence-corrected chi connectivity index (χ0v) is 12.5. The van der Waals surface area contributed by atoms with Gasteiger partial charge in [0.1, 0.15) is 5.75 Å². The number of pyridine rings is 1. The maximum atomic E-state index is 5.41. The molecule has 0 aliphatic rings. The van der Waals surface area contributed by atoms with Crippen molar-refractivity contribution in [2.45, 2.75) is 13.8 Å². The maximum absolute atomic E-state index is 5.41. The minimum atomic E-state index is 0.827. The molecule has 1 aromatic heterocycles. The van der Waals surface area contributed by atoms with Crippen LogP contribution in [0.2, 0.25) is 0 Å². The van der Waals surface area contributed by atoms with E-state index in [2.05, 4.69) is 41.5 Å². The summed E-state index contributed by atoms with van der Waals surface area (Å²) in [6.45, 7) is 4.10. The SMILES string of the molecule is COc1ccccc1Nc1cc(C)nc2ccc(C)cc12. The zero-order chi connectivity index (χ0) is 14.8. The van der Waals surface area contributed by atoms with E-state index in [-0.39, 0.29) is 0 Å². The van der Waals surface area contributed by atoms with Gasteiger partial charge in [-0.3, -0.25) is 4.98 Å². The monoisotopic (exact) mass is 278 g/mol. The highest BCUT2D eigenvalue weighted by Gasteiger charge is 2.07. The van der Waals surface area contributed by atoms with Crippen LogP contribution in [0.25, 0.3) is 10.9 Å². The van der Waals surface area contributed by atoms with Crippen molar-refractivity contribution in [3.63, 3.8) is 0 Å². The van der Waals surface area contributed by atoms with Gasteiger partial charge in [0.05, 0.1) is 18.3 Å². The summed E-state index contributed by atoms with van der Waals surface area (Å²) in [5, 5.41) is 4.59. The Morgan fingerprint density at radius 2 is 1.76 bits per heavy atom. The standard InChI is InChI=1S/C18H18N2O/c1-12-8-9-15-14(10-12)17(11-13(2)19-15)20-16-6-4-5-7-18(16)21-3/h4-11H,1-3H3,(H,19,20). The lowest BCUT2D eigenvalue weighted by Crippen LogP contribution is -1.97. The van der Waals surface area contributed by atoms with Gasteiger partial charge in [0, 0.05) is 16.8 Å². The van der Waals surface area contributed by atoms with Gasteiger partial charge in [-0.15, -0.1) is 0 Å². The van der Waals surface area contributed by atoms with E-state index < -0.39 is 0 Å². The molecule has 0 bridgehead atoms. The molecule has 0 aliphatic heterocycles. The van der Waals surface area contributed by atoms with Crippen molar-refractivity contribution in [3.8, 4) is 5.75 Å². The van der Waals surface area contributed by atoms with Gasteiger partial charge in [-0.25, -0.2) is 0 Å². The molecule has 3 heteroatoms. The van der Waals surface area contributed by atoms with E-state index in [0.717, 1.165) is 33.7 Å². The molecule has 1 heterocycles. The highest BCUT2D eigenvalue weighted by Crippen LogP contribution is 2.31. The number of para-hydroxylation sites is 2. The largest absolute Gasteiger partial charge is 0.495 e. The molecule has 21 heavy (non-hydrogen) atoms. The number of hydrogen-bond acceptors (Lipinski definition) is 3. The molecule has 0 aliphatic carbocycles. The van der Waals surface area contributed by atoms with E-state index in [1.54, 1.807) is 7.11 Å². The van der Waals surface area contributed by atoms with E-state index in [1.807, 2.05) is 31.2 Å². The highest BCUT2D eigenvalue weighted by molar-refractivity contribution is 5.94. The molecule has 0 radical (unpaired) electrons. The van der Waals surface area contributed by atoms with Gasteiger partial charge in [0.2, 0.25) is 0 Å². The highest BCUT2D eigenvalue weighted by atomic mass is 16.5. The van der Waals surface area contributed by atoms with Crippen LogP contribution in [0.3, 0.4) is 0 Å². The van der Waals surface area contributed by atoms with Gasteiger partial charge in [-0.2, -0.15) is 0 Å². The van der Waals surface area contributed by atoms with Crippen LogP contribution in [0, 0.1) is 13.8 Å². The van der Waals surface area contributed by atoms with Gasteiger partial charge in [0.25, 0.3) is 0 Å². The lowest BCUT2D eigenvalue weighted by atomic mass is 10.1. The average Bonchev–Trinajstić information content (AvgIpc) is 2.48. The van der Waals surface area contributed by atoms with Gasteiger partial charge in [-0.05, 0) is 44.2 Å². The number of methoxy groups -OCH3 is 1. The third-order valence-electron chi connectivity index (χ3n) is 3.47. The predicted octanol–water partition coefficient (Wildman–Crippen LogP) is 4.60. The number of benzene rings is 2. The van der Waals surface area contributed by atoms with Gasteiger partial charge in [0.15, 0.2) is 0 Å². The molecule has 106 valence electrons. The molecular formula is C18H18N2O. The molecule has 1 N–H and O–H groups in total. The fourth-order valence-electron chi connectivity index (χ4n) is 2.47.